The Kier molecular flexibility index (Phi) is 6.82. The van der Waals surface area contributed by atoms with E-state index < -0.39 is 0 Å². The van der Waals surface area contributed by atoms with Crippen LogP contribution in [0.4, 0.5) is 0 Å². The van der Waals surface area contributed by atoms with E-state index in [4.69, 9.17) is 9.52 Å². The molecule has 1 aliphatic rings. The molecule has 0 radical (unpaired) electrons. The zero-order valence-corrected chi connectivity index (χ0v) is 19.0. The van der Waals surface area contributed by atoms with Crippen LogP contribution in [0.1, 0.15) is 40.4 Å². The first kappa shape index (κ1) is 21.6. The summed E-state index contributed by atoms with van der Waals surface area (Å²) in [4.78, 5) is 15.7. The first-order chi connectivity index (χ1) is 12.3. The smallest absolute Gasteiger partial charge is 0.276 e. The second kappa shape index (κ2) is 8.53. The van der Waals surface area contributed by atoms with Crippen molar-refractivity contribution in [3.05, 3.63) is 30.2 Å². The van der Waals surface area contributed by atoms with Crippen LogP contribution in [-0.2, 0) is 6.42 Å². The van der Waals surface area contributed by atoms with Crippen LogP contribution in [0.15, 0.2) is 33.9 Å². The van der Waals surface area contributed by atoms with Crippen molar-refractivity contribution in [1.82, 2.24) is 25.3 Å². The highest BCUT2D eigenvalue weighted by molar-refractivity contribution is 14.0. The second-order valence-electron chi connectivity index (χ2n) is 7.75. The molecule has 1 aliphatic heterocycles. The fourth-order valence-electron chi connectivity index (χ4n) is 3.01. The predicted octanol–water partition coefficient (Wildman–Crippen LogP) is 3.38. The average Bonchev–Trinajstić information content (AvgIpc) is 3.09. The van der Waals surface area contributed by atoms with Crippen molar-refractivity contribution in [2.45, 2.75) is 46.6 Å². The summed E-state index contributed by atoms with van der Waals surface area (Å²) in [6.45, 7) is 13.7. The number of guanidine groups is 1. The number of hydrogen-bond acceptors (Lipinski definition) is 5. The minimum atomic E-state index is 0. The maximum Gasteiger partial charge on any atom is 0.276 e. The van der Waals surface area contributed by atoms with Gasteiger partial charge in [0.05, 0.1) is 0 Å². The Morgan fingerprint density at radius 3 is 2.67 bits per heavy atom. The maximum absolute atomic E-state index is 5.30. The van der Waals surface area contributed by atoms with Crippen molar-refractivity contribution >= 4 is 29.9 Å². The van der Waals surface area contributed by atoms with Gasteiger partial charge in [-0.15, -0.1) is 24.0 Å². The number of aliphatic imine (C=N–C) groups is 1. The SMILES string of the molecule is CCNC(=NCCc1noc(-c2ccccn2)n1)N1CC(C)(C)C1(C)C.I. The number of aromatic nitrogens is 3. The molecule has 1 saturated heterocycles. The molecule has 0 amide bonds. The molecule has 2 aromatic rings. The number of halogens is 1. The van der Waals surface area contributed by atoms with E-state index in [-0.39, 0.29) is 34.9 Å². The van der Waals surface area contributed by atoms with Crippen LogP contribution >= 0.6 is 24.0 Å². The lowest BCUT2D eigenvalue weighted by atomic mass is 9.65. The molecule has 0 aliphatic carbocycles. The third-order valence-electron chi connectivity index (χ3n) is 5.42. The van der Waals surface area contributed by atoms with E-state index in [9.17, 15) is 0 Å². The lowest BCUT2D eigenvalue weighted by Crippen LogP contribution is -2.72. The molecule has 7 nitrogen and oxygen atoms in total. The molecule has 0 unspecified atom stereocenters. The summed E-state index contributed by atoms with van der Waals surface area (Å²) in [5.41, 5.74) is 1.04. The molecule has 3 rings (SSSR count). The van der Waals surface area contributed by atoms with E-state index in [1.165, 1.54) is 0 Å². The summed E-state index contributed by atoms with van der Waals surface area (Å²) < 4.78 is 5.30. The molecule has 0 bridgehead atoms. The molecular weight excluding hydrogens is 455 g/mol. The Morgan fingerprint density at radius 1 is 1.30 bits per heavy atom. The highest BCUT2D eigenvalue weighted by Gasteiger charge is 2.53. The van der Waals surface area contributed by atoms with Crippen molar-refractivity contribution in [2.75, 3.05) is 19.6 Å². The quantitative estimate of drug-likeness (QED) is 0.398. The Bertz CT molecular complexity index is 772. The Morgan fingerprint density at radius 2 is 2.07 bits per heavy atom. The monoisotopic (exact) mass is 484 g/mol. The molecule has 148 valence electrons. The number of hydrogen-bond donors (Lipinski definition) is 1. The standard InChI is InChI=1S/C19H28N6O.HI/c1-6-20-17(25-13-18(2,3)19(25,4)5)22-12-10-15-23-16(26-24-15)14-9-7-8-11-21-14;/h7-9,11H,6,10,12-13H2,1-5H3,(H,20,22);1H. The molecule has 1 fully saturated rings. The minimum Gasteiger partial charge on any atom is -0.356 e. The normalized spacial score (nSPS) is 17.8. The third-order valence-corrected chi connectivity index (χ3v) is 5.42. The van der Waals surface area contributed by atoms with E-state index in [1.807, 2.05) is 18.2 Å². The molecule has 0 saturated carbocycles. The lowest BCUT2D eigenvalue weighted by molar-refractivity contribution is -0.0667. The van der Waals surface area contributed by atoms with Gasteiger partial charge in [0, 0.05) is 43.2 Å². The fraction of sp³-hybridized carbons (Fsp3) is 0.579. The topological polar surface area (TPSA) is 79.4 Å². The van der Waals surface area contributed by atoms with Gasteiger partial charge in [0.25, 0.3) is 5.89 Å². The van der Waals surface area contributed by atoms with Crippen LogP contribution in [-0.4, -0.2) is 51.2 Å². The van der Waals surface area contributed by atoms with Gasteiger partial charge in [-0.2, -0.15) is 4.98 Å². The van der Waals surface area contributed by atoms with Crippen molar-refractivity contribution in [1.29, 1.82) is 0 Å². The molecule has 0 spiro atoms. The second-order valence-corrected chi connectivity index (χ2v) is 7.75. The van der Waals surface area contributed by atoms with E-state index in [0.29, 0.717) is 30.4 Å². The van der Waals surface area contributed by atoms with Gasteiger partial charge >= 0.3 is 0 Å². The summed E-state index contributed by atoms with van der Waals surface area (Å²) in [7, 11) is 0. The summed E-state index contributed by atoms with van der Waals surface area (Å²) in [6, 6.07) is 5.61. The van der Waals surface area contributed by atoms with Crippen molar-refractivity contribution in [3.63, 3.8) is 0 Å². The van der Waals surface area contributed by atoms with Crippen LogP contribution in [0.5, 0.6) is 0 Å². The van der Waals surface area contributed by atoms with E-state index in [0.717, 1.165) is 19.0 Å². The van der Waals surface area contributed by atoms with Crippen molar-refractivity contribution in [3.8, 4) is 11.6 Å². The van der Waals surface area contributed by atoms with E-state index in [2.05, 4.69) is 60.0 Å². The Balaban J connectivity index is 0.00000261. The average molecular weight is 484 g/mol. The number of pyridine rings is 1. The maximum atomic E-state index is 5.30. The molecular formula is C19H29IN6O. The highest BCUT2D eigenvalue weighted by Crippen LogP contribution is 2.46. The van der Waals surface area contributed by atoms with Crippen molar-refractivity contribution in [2.24, 2.45) is 10.4 Å². The van der Waals surface area contributed by atoms with Gasteiger partial charge in [-0.05, 0) is 32.9 Å². The largest absolute Gasteiger partial charge is 0.356 e. The number of likely N-dealkylation sites (tertiary alicyclic amines) is 1. The van der Waals surface area contributed by atoms with Gasteiger partial charge in [-0.1, -0.05) is 25.1 Å². The van der Waals surface area contributed by atoms with Gasteiger partial charge in [0.1, 0.15) is 5.69 Å². The van der Waals surface area contributed by atoms with Gasteiger partial charge in [-0.3, -0.25) is 9.98 Å². The Hall–Kier alpha value is -1.71. The van der Waals surface area contributed by atoms with E-state index >= 15 is 0 Å². The first-order valence-corrected chi connectivity index (χ1v) is 9.15. The molecule has 0 atom stereocenters. The first-order valence-electron chi connectivity index (χ1n) is 9.15. The van der Waals surface area contributed by atoms with Crippen LogP contribution < -0.4 is 5.32 Å². The van der Waals surface area contributed by atoms with Gasteiger partial charge < -0.3 is 14.7 Å². The molecule has 0 aromatic carbocycles. The van der Waals surface area contributed by atoms with Crippen LogP contribution in [0.25, 0.3) is 11.6 Å². The highest BCUT2D eigenvalue weighted by atomic mass is 127. The zero-order chi connectivity index (χ0) is 18.8. The summed E-state index contributed by atoms with van der Waals surface area (Å²) >= 11 is 0. The zero-order valence-electron chi connectivity index (χ0n) is 16.7. The van der Waals surface area contributed by atoms with Crippen LogP contribution in [0.2, 0.25) is 0 Å². The van der Waals surface area contributed by atoms with Crippen molar-refractivity contribution < 1.29 is 4.52 Å². The lowest BCUT2D eigenvalue weighted by Gasteiger charge is -2.62. The molecule has 2 aromatic heterocycles. The van der Waals surface area contributed by atoms with Crippen LogP contribution in [0.3, 0.4) is 0 Å². The molecule has 3 heterocycles. The molecule has 8 heteroatoms. The van der Waals surface area contributed by atoms with Gasteiger partial charge in [0.15, 0.2) is 11.8 Å². The van der Waals surface area contributed by atoms with Crippen LogP contribution in [0, 0.1) is 5.41 Å². The predicted molar refractivity (Wildman–Crippen MR) is 117 cm³/mol. The number of rotatable bonds is 5. The minimum absolute atomic E-state index is 0. The number of nitrogens with one attached hydrogen (secondary N) is 1. The molecule has 27 heavy (non-hydrogen) atoms. The summed E-state index contributed by atoms with van der Waals surface area (Å²) in [5.74, 6) is 2.04. The summed E-state index contributed by atoms with van der Waals surface area (Å²) in [5, 5.41) is 7.43. The van der Waals surface area contributed by atoms with Gasteiger partial charge in [-0.25, -0.2) is 0 Å². The van der Waals surface area contributed by atoms with E-state index in [1.54, 1.807) is 6.20 Å². The summed E-state index contributed by atoms with van der Waals surface area (Å²) in [6.07, 6.45) is 2.34. The number of nitrogens with zero attached hydrogens (tertiary/aromatic N) is 5. The Labute approximate surface area is 178 Å². The molecule has 1 N–H and O–H groups in total. The van der Waals surface area contributed by atoms with Gasteiger partial charge in [0.2, 0.25) is 0 Å². The third kappa shape index (κ3) is 4.41. The fourth-order valence-corrected chi connectivity index (χ4v) is 3.01.